The Kier molecular flexibility index (Phi) is 6.54. The number of rotatable bonds is 4. The van der Waals surface area contributed by atoms with Gasteiger partial charge in [-0.05, 0) is 48.9 Å². The fourth-order valence-electron chi connectivity index (χ4n) is 2.69. The number of carbonyl (C=O) groups excluding carboxylic acids is 1. The van der Waals surface area contributed by atoms with Crippen molar-refractivity contribution in [2.75, 3.05) is 18.0 Å². The molecule has 2 heterocycles. The molecule has 1 aliphatic rings. The second kappa shape index (κ2) is 8.41. The zero-order chi connectivity index (χ0) is 15.4. The molecule has 122 valence electrons. The minimum atomic E-state index is 0. The minimum Gasteiger partial charge on any atom is -0.322 e. The normalized spacial score (nSPS) is 13.9. The number of carbonyl (C=O) groups is 1. The molecule has 0 fully saturated rings. The average Bonchev–Trinajstić information content (AvgIpc) is 3.08. The second-order valence-electron chi connectivity index (χ2n) is 5.58. The number of nitrogens with zero attached hydrogens (tertiary/aromatic N) is 2. The van der Waals surface area contributed by atoms with Gasteiger partial charge in [0.25, 0.3) is 0 Å². The summed E-state index contributed by atoms with van der Waals surface area (Å²) in [7, 11) is 0. The summed E-state index contributed by atoms with van der Waals surface area (Å²) in [4.78, 5) is 20.1. The van der Waals surface area contributed by atoms with Gasteiger partial charge in [-0.2, -0.15) is 0 Å². The van der Waals surface area contributed by atoms with E-state index >= 15 is 0 Å². The highest BCUT2D eigenvalue weighted by atomic mass is 79.9. The van der Waals surface area contributed by atoms with Crippen LogP contribution in [0.25, 0.3) is 0 Å². The molecule has 1 aromatic carbocycles. The predicted molar refractivity (Wildman–Crippen MR) is 104 cm³/mol. The van der Waals surface area contributed by atoms with E-state index < -0.39 is 0 Å². The topological polar surface area (TPSA) is 32.7 Å². The van der Waals surface area contributed by atoms with Gasteiger partial charge in [-0.25, -0.2) is 0 Å². The average molecular weight is 393 g/mol. The van der Waals surface area contributed by atoms with E-state index in [1.54, 1.807) is 0 Å². The Morgan fingerprint density at radius 2 is 2.13 bits per heavy atom. The molecule has 0 saturated carbocycles. The van der Waals surface area contributed by atoms with Crippen molar-refractivity contribution in [3.8, 4) is 0 Å². The zero-order valence-electron chi connectivity index (χ0n) is 13.2. The van der Waals surface area contributed by atoms with Gasteiger partial charge >= 0.3 is 0 Å². The van der Waals surface area contributed by atoms with Gasteiger partial charge in [-0.3, -0.25) is 9.79 Å². The molecule has 1 aromatic heterocycles. The largest absolute Gasteiger partial charge is 0.322 e. The first-order chi connectivity index (χ1) is 10.7. The van der Waals surface area contributed by atoms with Gasteiger partial charge in [-0.1, -0.05) is 18.2 Å². The number of thiophene rings is 1. The highest BCUT2D eigenvalue weighted by Gasteiger charge is 2.20. The van der Waals surface area contributed by atoms with Crippen molar-refractivity contribution >= 4 is 45.6 Å². The summed E-state index contributed by atoms with van der Waals surface area (Å²) in [5.74, 6) is 1.20. The first-order valence-electron chi connectivity index (χ1n) is 7.68. The Morgan fingerprint density at radius 3 is 2.78 bits per heavy atom. The predicted octanol–water partition coefficient (Wildman–Crippen LogP) is 4.91. The Bertz CT molecular complexity index is 682. The van der Waals surface area contributed by atoms with Crippen LogP contribution in [0.1, 0.15) is 34.5 Å². The van der Waals surface area contributed by atoms with Crippen LogP contribution in [-0.4, -0.2) is 24.7 Å². The summed E-state index contributed by atoms with van der Waals surface area (Å²) in [6, 6.07) is 12.1. The van der Waals surface area contributed by atoms with Crippen LogP contribution in [0.15, 0.2) is 46.8 Å². The molecule has 0 N–H and O–H groups in total. The lowest BCUT2D eigenvalue weighted by molar-refractivity contribution is 0.101. The van der Waals surface area contributed by atoms with Crippen molar-refractivity contribution in [1.29, 1.82) is 0 Å². The molecule has 0 saturated heterocycles. The molecule has 0 radical (unpaired) electrons. The van der Waals surface area contributed by atoms with E-state index in [9.17, 15) is 4.79 Å². The lowest BCUT2D eigenvalue weighted by Gasteiger charge is -2.28. The maximum atomic E-state index is 12.5. The molecular formula is C18H21BrN2OS. The number of aliphatic imine (C=N–C) groups is 1. The van der Waals surface area contributed by atoms with E-state index in [0.717, 1.165) is 42.2 Å². The molecule has 0 spiro atoms. The van der Waals surface area contributed by atoms with Crippen LogP contribution in [-0.2, 0) is 0 Å². The van der Waals surface area contributed by atoms with E-state index in [1.807, 2.05) is 23.6 Å². The van der Waals surface area contributed by atoms with Gasteiger partial charge in [-0.15, -0.1) is 28.3 Å². The third-order valence-corrected chi connectivity index (χ3v) is 4.74. The van der Waals surface area contributed by atoms with E-state index in [2.05, 4.69) is 35.0 Å². The van der Waals surface area contributed by atoms with Gasteiger partial charge < -0.3 is 4.90 Å². The number of ketones is 1. The highest BCUT2D eigenvalue weighted by Crippen LogP contribution is 2.22. The monoisotopic (exact) mass is 392 g/mol. The summed E-state index contributed by atoms with van der Waals surface area (Å²) < 4.78 is 0. The fraction of sp³-hybridized carbons (Fsp3) is 0.333. The van der Waals surface area contributed by atoms with Gasteiger partial charge in [0.15, 0.2) is 5.78 Å². The smallest absolute Gasteiger partial charge is 0.192 e. The van der Waals surface area contributed by atoms with Crippen LogP contribution in [0.2, 0.25) is 0 Å². The summed E-state index contributed by atoms with van der Waals surface area (Å²) in [6.45, 7) is 3.30. The van der Waals surface area contributed by atoms with Crippen LogP contribution in [0.5, 0.6) is 0 Å². The van der Waals surface area contributed by atoms with Crippen molar-refractivity contribution in [3.05, 3.63) is 52.2 Å². The highest BCUT2D eigenvalue weighted by molar-refractivity contribution is 8.93. The molecule has 3 rings (SSSR count). The number of benzene rings is 1. The Labute approximate surface area is 151 Å². The fourth-order valence-corrected chi connectivity index (χ4v) is 3.35. The molecule has 0 bridgehead atoms. The number of Topliss-reactive ketones (excluding diaryl/α,β-unsaturated/α-hetero) is 1. The Balaban J connectivity index is 0.00000192. The SMILES string of the molecule is Br.Cc1cccc(N(CC(=O)c2cccs2)C2=NCCCC2)c1. The van der Waals surface area contributed by atoms with Crippen molar-refractivity contribution in [2.45, 2.75) is 26.2 Å². The lowest BCUT2D eigenvalue weighted by Crippen LogP contribution is -2.37. The van der Waals surface area contributed by atoms with Crippen LogP contribution >= 0.6 is 28.3 Å². The Hall–Kier alpha value is -1.46. The maximum absolute atomic E-state index is 12.5. The lowest BCUT2D eigenvalue weighted by atomic mass is 10.1. The van der Waals surface area contributed by atoms with E-state index in [0.29, 0.717) is 6.54 Å². The number of halogens is 1. The van der Waals surface area contributed by atoms with E-state index in [1.165, 1.54) is 16.9 Å². The molecule has 2 aromatic rings. The number of hydrogen-bond acceptors (Lipinski definition) is 4. The van der Waals surface area contributed by atoms with E-state index in [4.69, 9.17) is 0 Å². The van der Waals surface area contributed by atoms with Crippen LogP contribution in [0.3, 0.4) is 0 Å². The van der Waals surface area contributed by atoms with Gasteiger partial charge in [0.2, 0.25) is 0 Å². The molecule has 1 aliphatic heterocycles. The van der Waals surface area contributed by atoms with Crippen molar-refractivity contribution in [3.63, 3.8) is 0 Å². The Morgan fingerprint density at radius 1 is 1.26 bits per heavy atom. The van der Waals surface area contributed by atoms with Crippen LogP contribution < -0.4 is 4.90 Å². The van der Waals surface area contributed by atoms with Crippen molar-refractivity contribution < 1.29 is 4.79 Å². The summed E-state index contributed by atoms with van der Waals surface area (Å²) >= 11 is 1.50. The third kappa shape index (κ3) is 4.52. The summed E-state index contributed by atoms with van der Waals surface area (Å²) in [5, 5.41) is 1.95. The van der Waals surface area contributed by atoms with Crippen molar-refractivity contribution in [2.24, 2.45) is 4.99 Å². The zero-order valence-corrected chi connectivity index (χ0v) is 15.7. The maximum Gasteiger partial charge on any atom is 0.192 e. The number of hydrogen-bond donors (Lipinski definition) is 0. The quantitative estimate of drug-likeness (QED) is 0.692. The number of aryl methyl sites for hydroxylation is 1. The second-order valence-corrected chi connectivity index (χ2v) is 6.53. The number of anilines is 1. The molecule has 0 unspecified atom stereocenters. The third-order valence-electron chi connectivity index (χ3n) is 3.83. The van der Waals surface area contributed by atoms with E-state index in [-0.39, 0.29) is 22.8 Å². The van der Waals surface area contributed by atoms with Gasteiger partial charge in [0, 0.05) is 18.7 Å². The molecule has 0 aliphatic carbocycles. The molecule has 0 amide bonds. The number of amidine groups is 1. The molecule has 23 heavy (non-hydrogen) atoms. The van der Waals surface area contributed by atoms with Crippen LogP contribution in [0, 0.1) is 6.92 Å². The summed E-state index contributed by atoms with van der Waals surface area (Å²) in [5.41, 5.74) is 2.26. The first-order valence-corrected chi connectivity index (χ1v) is 8.56. The van der Waals surface area contributed by atoms with Gasteiger partial charge in [0.05, 0.1) is 11.4 Å². The standard InChI is InChI=1S/C18H20N2OS.BrH/c1-14-6-4-7-15(12-14)20(18-9-2-3-10-19-18)13-16(21)17-8-5-11-22-17;/h4-8,11-12H,2-3,9-10,13H2,1H3;1H. The molecule has 3 nitrogen and oxygen atoms in total. The summed E-state index contributed by atoms with van der Waals surface area (Å²) in [6.07, 6.45) is 3.24. The molecule has 5 heteroatoms. The van der Waals surface area contributed by atoms with Crippen LogP contribution in [0.4, 0.5) is 5.69 Å². The molecular weight excluding hydrogens is 372 g/mol. The minimum absolute atomic E-state index is 0. The van der Waals surface area contributed by atoms with Gasteiger partial charge in [0.1, 0.15) is 5.84 Å². The first kappa shape index (κ1) is 17.9. The molecule has 0 atom stereocenters. The van der Waals surface area contributed by atoms with Crippen molar-refractivity contribution in [1.82, 2.24) is 0 Å².